The topological polar surface area (TPSA) is 88.8 Å². The zero-order chi connectivity index (χ0) is 19.6. The molecule has 6 nitrogen and oxygen atoms in total. The van der Waals surface area contributed by atoms with Gasteiger partial charge in [-0.05, 0) is 42.7 Å². The molecular formula is C21H23NO5. The quantitative estimate of drug-likeness (QED) is 0.652. The van der Waals surface area contributed by atoms with Crippen molar-refractivity contribution in [2.75, 3.05) is 13.7 Å². The minimum Gasteiger partial charge on any atom is -0.497 e. The molecular weight excluding hydrogens is 346 g/mol. The van der Waals surface area contributed by atoms with Crippen molar-refractivity contribution >= 4 is 27.8 Å². The van der Waals surface area contributed by atoms with E-state index in [0.717, 1.165) is 0 Å². The maximum atomic E-state index is 12.8. The van der Waals surface area contributed by atoms with Gasteiger partial charge in [0.2, 0.25) is 5.43 Å². The van der Waals surface area contributed by atoms with Crippen LogP contribution in [-0.2, 0) is 0 Å². The standard InChI is InChI=1S/C21H23NO5/c1-12(2)8-14(11-23)22-21(25)13-4-7-18-17(9-13)20(24)16-6-5-15(26-3)10-19(16)27-18/h4-7,9-10,12,14,23H,8,11H2,1-3H3,(H,22,25)/t14-/m0/s1. The number of aliphatic hydroxyl groups is 1. The van der Waals surface area contributed by atoms with Crippen LogP contribution in [0.5, 0.6) is 5.75 Å². The van der Waals surface area contributed by atoms with Crippen LogP contribution < -0.4 is 15.5 Å². The monoisotopic (exact) mass is 369 g/mol. The Labute approximate surface area is 156 Å². The van der Waals surface area contributed by atoms with Crippen LogP contribution >= 0.6 is 0 Å². The highest BCUT2D eigenvalue weighted by molar-refractivity contribution is 5.99. The van der Waals surface area contributed by atoms with Crippen molar-refractivity contribution in [3.05, 3.63) is 52.2 Å². The van der Waals surface area contributed by atoms with Crippen molar-refractivity contribution in [2.24, 2.45) is 5.92 Å². The minimum absolute atomic E-state index is 0.133. The lowest BCUT2D eigenvalue weighted by atomic mass is 10.0. The van der Waals surface area contributed by atoms with Crippen LogP contribution in [0.2, 0.25) is 0 Å². The molecule has 1 atom stereocenters. The number of aliphatic hydroxyl groups excluding tert-OH is 1. The van der Waals surface area contributed by atoms with Gasteiger partial charge in [0.15, 0.2) is 0 Å². The van der Waals surface area contributed by atoms with Crippen molar-refractivity contribution in [1.82, 2.24) is 5.32 Å². The van der Waals surface area contributed by atoms with E-state index in [9.17, 15) is 14.7 Å². The third kappa shape index (κ3) is 3.95. The van der Waals surface area contributed by atoms with Gasteiger partial charge in [-0.25, -0.2) is 0 Å². The lowest BCUT2D eigenvalue weighted by Gasteiger charge is -2.18. The van der Waals surface area contributed by atoms with Gasteiger partial charge in [-0.2, -0.15) is 0 Å². The molecule has 6 heteroatoms. The van der Waals surface area contributed by atoms with Crippen LogP contribution in [0.1, 0.15) is 30.6 Å². The highest BCUT2D eigenvalue weighted by atomic mass is 16.5. The second-order valence-corrected chi connectivity index (χ2v) is 6.99. The summed E-state index contributed by atoms with van der Waals surface area (Å²) < 4.78 is 11.0. The van der Waals surface area contributed by atoms with E-state index in [2.05, 4.69) is 5.32 Å². The first kappa shape index (κ1) is 18.9. The Balaban J connectivity index is 1.99. The first-order valence-corrected chi connectivity index (χ1v) is 8.89. The second-order valence-electron chi connectivity index (χ2n) is 6.99. The number of rotatable bonds is 6. The molecule has 0 unspecified atom stereocenters. The first-order valence-electron chi connectivity index (χ1n) is 8.89. The van der Waals surface area contributed by atoms with Gasteiger partial charge in [-0.3, -0.25) is 9.59 Å². The van der Waals surface area contributed by atoms with Crippen LogP contribution in [-0.4, -0.2) is 30.8 Å². The number of ether oxygens (including phenoxy) is 1. The molecule has 3 aromatic rings. The maximum Gasteiger partial charge on any atom is 0.251 e. The summed E-state index contributed by atoms with van der Waals surface area (Å²) in [6.45, 7) is 3.92. The molecule has 0 fully saturated rings. The van der Waals surface area contributed by atoms with E-state index in [-0.39, 0.29) is 24.0 Å². The Hall–Kier alpha value is -2.86. The first-order chi connectivity index (χ1) is 12.9. The Morgan fingerprint density at radius 1 is 1.15 bits per heavy atom. The summed E-state index contributed by atoms with van der Waals surface area (Å²) in [5, 5.41) is 13.0. The summed E-state index contributed by atoms with van der Waals surface area (Å²) in [6, 6.07) is 9.43. The molecule has 1 aromatic heterocycles. The fourth-order valence-corrected chi connectivity index (χ4v) is 3.12. The Morgan fingerprint density at radius 2 is 1.93 bits per heavy atom. The predicted molar refractivity (Wildman–Crippen MR) is 104 cm³/mol. The van der Waals surface area contributed by atoms with Crippen molar-refractivity contribution in [3.8, 4) is 5.75 Å². The molecule has 0 radical (unpaired) electrons. The highest BCUT2D eigenvalue weighted by Crippen LogP contribution is 2.23. The van der Waals surface area contributed by atoms with Gasteiger partial charge in [0.25, 0.3) is 5.91 Å². The Kier molecular flexibility index (Phi) is 5.46. The van der Waals surface area contributed by atoms with E-state index in [1.807, 2.05) is 13.8 Å². The maximum absolute atomic E-state index is 12.8. The van der Waals surface area contributed by atoms with Crippen LogP contribution in [0.15, 0.2) is 45.6 Å². The zero-order valence-electron chi connectivity index (χ0n) is 15.6. The third-order valence-electron chi connectivity index (χ3n) is 4.45. The van der Waals surface area contributed by atoms with E-state index >= 15 is 0 Å². The molecule has 27 heavy (non-hydrogen) atoms. The third-order valence-corrected chi connectivity index (χ3v) is 4.45. The lowest BCUT2D eigenvalue weighted by Crippen LogP contribution is -2.38. The van der Waals surface area contributed by atoms with Gasteiger partial charge in [0, 0.05) is 11.6 Å². The van der Waals surface area contributed by atoms with E-state index in [1.54, 1.807) is 37.4 Å². The minimum atomic E-state index is -0.328. The van der Waals surface area contributed by atoms with Gasteiger partial charge in [-0.1, -0.05) is 13.8 Å². The van der Waals surface area contributed by atoms with Gasteiger partial charge in [-0.15, -0.1) is 0 Å². The predicted octanol–water partition coefficient (Wildman–Crippen LogP) is 3.09. The van der Waals surface area contributed by atoms with E-state index in [0.29, 0.717) is 45.6 Å². The van der Waals surface area contributed by atoms with E-state index in [4.69, 9.17) is 9.15 Å². The number of amides is 1. The number of nitrogens with one attached hydrogen (secondary N) is 1. The summed E-state index contributed by atoms with van der Waals surface area (Å²) >= 11 is 0. The number of hydrogen-bond donors (Lipinski definition) is 2. The summed E-state index contributed by atoms with van der Waals surface area (Å²) in [5.41, 5.74) is 0.980. The molecule has 0 spiro atoms. The number of methoxy groups -OCH3 is 1. The summed E-state index contributed by atoms with van der Waals surface area (Å²) in [7, 11) is 1.55. The van der Waals surface area contributed by atoms with Crippen LogP contribution in [0.25, 0.3) is 21.9 Å². The van der Waals surface area contributed by atoms with Gasteiger partial charge in [0.1, 0.15) is 16.9 Å². The van der Waals surface area contributed by atoms with Crippen molar-refractivity contribution in [3.63, 3.8) is 0 Å². The molecule has 1 amide bonds. The molecule has 0 saturated heterocycles. The van der Waals surface area contributed by atoms with Crippen LogP contribution in [0.3, 0.4) is 0 Å². The molecule has 142 valence electrons. The second kappa shape index (κ2) is 7.80. The largest absolute Gasteiger partial charge is 0.497 e. The van der Waals surface area contributed by atoms with Crippen LogP contribution in [0, 0.1) is 5.92 Å². The number of carbonyl (C=O) groups excluding carboxylic acids is 1. The molecule has 1 heterocycles. The fraction of sp³-hybridized carbons (Fsp3) is 0.333. The smallest absolute Gasteiger partial charge is 0.251 e. The van der Waals surface area contributed by atoms with Gasteiger partial charge >= 0.3 is 0 Å². The van der Waals surface area contributed by atoms with Crippen LogP contribution in [0.4, 0.5) is 0 Å². The number of benzene rings is 2. The fourth-order valence-electron chi connectivity index (χ4n) is 3.12. The average molecular weight is 369 g/mol. The molecule has 0 aliphatic carbocycles. The highest BCUT2D eigenvalue weighted by Gasteiger charge is 2.16. The normalized spacial score (nSPS) is 12.5. The molecule has 0 saturated carbocycles. The van der Waals surface area contributed by atoms with Crippen molar-refractivity contribution < 1.29 is 19.1 Å². The van der Waals surface area contributed by atoms with Crippen molar-refractivity contribution in [1.29, 1.82) is 0 Å². The van der Waals surface area contributed by atoms with E-state index < -0.39 is 0 Å². The lowest BCUT2D eigenvalue weighted by molar-refractivity contribution is 0.0908. The SMILES string of the molecule is COc1ccc2c(=O)c3cc(C(=O)N[C@H](CO)CC(C)C)ccc3oc2c1. The number of carbonyl (C=O) groups is 1. The zero-order valence-corrected chi connectivity index (χ0v) is 15.6. The van der Waals surface area contributed by atoms with Crippen molar-refractivity contribution in [2.45, 2.75) is 26.3 Å². The van der Waals surface area contributed by atoms with Gasteiger partial charge < -0.3 is 19.6 Å². The van der Waals surface area contributed by atoms with Gasteiger partial charge in [0.05, 0.1) is 30.5 Å². The summed E-state index contributed by atoms with van der Waals surface area (Å²) in [5.74, 6) is 0.612. The molecule has 0 bridgehead atoms. The number of fused-ring (bicyclic) bond motifs is 2. The Bertz CT molecular complexity index is 1040. The number of hydrogen-bond acceptors (Lipinski definition) is 5. The molecule has 0 aliphatic heterocycles. The summed E-state index contributed by atoms with van der Waals surface area (Å²) in [4.78, 5) is 25.3. The average Bonchev–Trinajstić information content (AvgIpc) is 2.66. The Morgan fingerprint density at radius 3 is 2.59 bits per heavy atom. The molecule has 0 aliphatic rings. The molecule has 2 N–H and O–H groups in total. The van der Waals surface area contributed by atoms with E-state index in [1.165, 1.54) is 6.07 Å². The molecule has 2 aromatic carbocycles. The molecule has 3 rings (SSSR count). The summed E-state index contributed by atoms with van der Waals surface area (Å²) in [6.07, 6.45) is 0.671.